The number of nitrogens with two attached hydrogens (primary N) is 1. The number of hydrogen-bond acceptors (Lipinski definition) is 3. The molecule has 1 unspecified atom stereocenters. The number of ether oxygens (including phenoxy) is 1. The van der Waals surface area contributed by atoms with Crippen LogP contribution >= 0.6 is 0 Å². The van der Waals surface area contributed by atoms with Crippen molar-refractivity contribution in [2.24, 2.45) is 5.84 Å². The summed E-state index contributed by atoms with van der Waals surface area (Å²) in [5.41, 5.74) is 3.93. The SMILES string of the molecule is NNC(CCOCC(F)F)CCc1ccccc1. The smallest absolute Gasteiger partial charge is 0.261 e. The summed E-state index contributed by atoms with van der Waals surface area (Å²) < 4.78 is 28.5. The molecular weight excluding hydrogens is 238 g/mol. The van der Waals surface area contributed by atoms with Crippen LogP contribution in [0.25, 0.3) is 0 Å². The van der Waals surface area contributed by atoms with Gasteiger partial charge in [0.25, 0.3) is 6.43 Å². The van der Waals surface area contributed by atoms with Crippen LogP contribution in [-0.2, 0) is 11.2 Å². The summed E-state index contributed by atoms with van der Waals surface area (Å²) in [4.78, 5) is 0. The topological polar surface area (TPSA) is 47.3 Å². The number of aryl methyl sites for hydroxylation is 1. The van der Waals surface area contributed by atoms with Crippen molar-refractivity contribution in [1.82, 2.24) is 5.43 Å². The van der Waals surface area contributed by atoms with Crippen LogP contribution in [0.5, 0.6) is 0 Å². The molecule has 1 aromatic carbocycles. The maximum Gasteiger partial charge on any atom is 0.261 e. The minimum atomic E-state index is -2.40. The van der Waals surface area contributed by atoms with E-state index in [4.69, 9.17) is 10.6 Å². The van der Waals surface area contributed by atoms with Gasteiger partial charge in [-0.3, -0.25) is 11.3 Å². The Kier molecular flexibility index (Phi) is 7.48. The highest BCUT2D eigenvalue weighted by Gasteiger charge is 2.08. The molecule has 0 aliphatic carbocycles. The number of benzene rings is 1. The Balaban J connectivity index is 2.17. The van der Waals surface area contributed by atoms with Gasteiger partial charge in [-0.25, -0.2) is 8.78 Å². The van der Waals surface area contributed by atoms with E-state index in [1.165, 1.54) is 5.56 Å². The van der Waals surface area contributed by atoms with E-state index < -0.39 is 13.0 Å². The van der Waals surface area contributed by atoms with Gasteiger partial charge in [0.2, 0.25) is 0 Å². The largest absolute Gasteiger partial charge is 0.375 e. The molecule has 1 rings (SSSR count). The highest BCUT2D eigenvalue weighted by atomic mass is 19.3. The van der Waals surface area contributed by atoms with Crippen molar-refractivity contribution in [2.75, 3.05) is 13.2 Å². The van der Waals surface area contributed by atoms with Gasteiger partial charge in [0.15, 0.2) is 0 Å². The van der Waals surface area contributed by atoms with Crippen LogP contribution in [0.15, 0.2) is 30.3 Å². The molecule has 0 aliphatic rings. The zero-order valence-corrected chi connectivity index (χ0v) is 10.3. The van der Waals surface area contributed by atoms with Gasteiger partial charge in [-0.2, -0.15) is 0 Å². The summed E-state index contributed by atoms with van der Waals surface area (Å²) in [5.74, 6) is 5.43. The number of hydrazine groups is 1. The Labute approximate surface area is 106 Å². The third-order valence-corrected chi connectivity index (χ3v) is 2.71. The van der Waals surface area contributed by atoms with Crippen molar-refractivity contribution in [3.05, 3.63) is 35.9 Å². The van der Waals surface area contributed by atoms with Gasteiger partial charge < -0.3 is 4.74 Å². The Morgan fingerprint density at radius 2 is 1.89 bits per heavy atom. The van der Waals surface area contributed by atoms with E-state index in [9.17, 15) is 8.78 Å². The van der Waals surface area contributed by atoms with Crippen LogP contribution in [0, 0.1) is 0 Å². The Bertz CT molecular complexity index is 309. The maximum atomic E-state index is 11.8. The molecule has 3 N–H and O–H groups in total. The highest BCUT2D eigenvalue weighted by Crippen LogP contribution is 2.07. The predicted molar refractivity (Wildman–Crippen MR) is 67.3 cm³/mol. The van der Waals surface area contributed by atoms with E-state index in [0.717, 1.165) is 12.8 Å². The highest BCUT2D eigenvalue weighted by molar-refractivity contribution is 5.14. The molecule has 1 aromatic rings. The van der Waals surface area contributed by atoms with Gasteiger partial charge >= 0.3 is 0 Å². The number of nitrogens with one attached hydrogen (secondary N) is 1. The molecule has 0 saturated heterocycles. The lowest BCUT2D eigenvalue weighted by Crippen LogP contribution is -2.36. The summed E-state index contributed by atoms with van der Waals surface area (Å²) in [6.45, 7) is -0.204. The van der Waals surface area contributed by atoms with Crippen LogP contribution in [0.4, 0.5) is 8.78 Å². The number of hydrogen-bond donors (Lipinski definition) is 2. The molecule has 0 aliphatic heterocycles. The third-order valence-electron chi connectivity index (χ3n) is 2.71. The molecule has 102 valence electrons. The predicted octanol–water partition coefficient (Wildman–Crippen LogP) is 2.12. The fourth-order valence-corrected chi connectivity index (χ4v) is 1.69. The molecule has 0 bridgehead atoms. The lowest BCUT2D eigenvalue weighted by Gasteiger charge is -2.15. The monoisotopic (exact) mass is 258 g/mol. The summed E-state index contributed by atoms with van der Waals surface area (Å²) in [6.07, 6.45) is -0.00213. The molecule has 5 heteroatoms. The molecule has 0 fully saturated rings. The molecule has 0 spiro atoms. The maximum absolute atomic E-state index is 11.8. The van der Waals surface area contributed by atoms with Crippen molar-refractivity contribution < 1.29 is 13.5 Å². The molecule has 0 amide bonds. The van der Waals surface area contributed by atoms with Gasteiger partial charge in [-0.15, -0.1) is 0 Å². The second-order valence-corrected chi connectivity index (χ2v) is 4.14. The average Bonchev–Trinajstić information content (AvgIpc) is 2.39. The minimum absolute atomic E-state index is 0.0860. The molecule has 0 saturated carbocycles. The normalized spacial score (nSPS) is 12.9. The first-order valence-corrected chi connectivity index (χ1v) is 6.08. The van der Waals surface area contributed by atoms with Crippen molar-refractivity contribution in [3.8, 4) is 0 Å². The van der Waals surface area contributed by atoms with Crippen molar-refractivity contribution in [1.29, 1.82) is 0 Å². The van der Waals surface area contributed by atoms with E-state index in [-0.39, 0.29) is 6.04 Å². The van der Waals surface area contributed by atoms with Gasteiger partial charge in [-0.1, -0.05) is 30.3 Å². The first-order valence-electron chi connectivity index (χ1n) is 6.08. The number of halogens is 2. The molecular formula is C13H20F2N2O. The van der Waals surface area contributed by atoms with Crippen LogP contribution < -0.4 is 11.3 Å². The summed E-state index contributed by atoms with van der Waals surface area (Å²) in [7, 11) is 0. The van der Waals surface area contributed by atoms with E-state index in [2.05, 4.69) is 17.6 Å². The second-order valence-electron chi connectivity index (χ2n) is 4.14. The first kappa shape index (κ1) is 15.0. The number of alkyl halides is 2. The zero-order chi connectivity index (χ0) is 13.2. The van der Waals surface area contributed by atoms with Crippen molar-refractivity contribution in [3.63, 3.8) is 0 Å². The molecule has 3 nitrogen and oxygen atoms in total. The summed E-state index contributed by atoms with van der Waals surface area (Å²) >= 11 is 0. The van der Waals surface area contributed by atoms with Crippen LogP contribution in [-0.4, -0.2) is 25.7 Å². The van der Waals surface area contributed by atoms with Crippen molar-refractivity contribution in [2.45, 2.75) is 31.7 Å². The van der Waals surface area contributed by atoms with Crippen LogP contribution in [0.1, 0.15) is 18.4 Å². The summed E-state index contributed by atoms with van der Waals surface area (Å²) in [6, 6.07) is 10.2. The molecule has 1 atom stereocenters. The lowest BCUT2D eigenvalue weighted by molar-refractivity contribution is 0.0142. The number of rotatable bonds is 9. The molecule has 18 heavy (non-hydrogen) atoms. The molecule has 0 radical (unpaired) electrons. The molecule has 0 heterocycles. The fraction of sp³-hybridized carbons (Fsp3) is 0.538. The van der Waals surface area contributed by atoms with E-state index in [0.29, 0.717) is 13.0 Å². The average molecular weight is 258 g/mol. The van der Waals surface area contributed by atoms with Gasteiger partial charge in [0.1, 0.15) is 6.61 Å². The van der Waals surface area contributed by atoms with Crippen LogP contribution in [0.3, 0.4) is 0 Å². The third kappa shape index (κ3) is 6.64. The van der Waals surface area contributed by atoms with E-state index in [1.54, 1.807) is 0 Å². The van der Waals surface area contributed by atoms with Gasteiger partial charge in [0, 0.05) is 12.6 Å². The van der Waals surface area contributed by atoms with E-state index in [1.807, 2.05) is 18.2 Å². The minimum Gasteiger partial charge on any atom is -0.375 e. The second kappa shape index (κ2) is 8.97. The Morgan fingerprint density at radius 1 is 1.17 bits per heavy atom. The Morgan fingerprint density at radius 3 is 2.50 bits per heavy atom. The lowest BCUT2D eigenvalue weighted by atomic mass is 10.0. The quantitative estimate of drug-likeness (QED) is 0.405. The van der Waals surface area contributed by atoms with Gasteiger partial charge in [0.05, 0.1) is 0 Å². The van der Waals surface area contributed by atoms with Gasteiger partial charge in [-0.05, 0) is 24.8 Å². The molecule has 0 aromatic heterocycles. The summed E-state index contributed by atoms with van der Waals surface area (Å²) in [5, 5.41) is 0. The Hall–Kier alpha value is -1.04. The van der Waals surface area contributed by atoms with E-state index >= 15 is 0 Å². The van der Waals surface area contributed by atoms with Crippen molar-refractivity contribution >= 4 is 0 Å². The zero-order valence-electron chi connectivity index (χ0n) is 10.3. The fourth-order valence-electron chi connectivity index (χ4n) is 1.69. The van der Waals surface area contributed by atoms with Crippen LogP contribution in [0.2, 0.25) is 0 Å². The first-order chi connectivity index (χ1) is 8.72. The standard InChI is InChI=1S/C13H20F2N2O/c14-13(15)10-18-9-8-12(17-16)7-6-11-4-2-1-3-5-11/h1-5,12-13,17H,6-10,16H2.